The largest absolute Gasteiger partial charge is 0.508 e. The normalized spacial score (nSPS) is 22.4. The van der Waals surface area contributed by atoms with E-state index < -0.39 is 18.8 Å². The van der Waals surface area contributed by atoms with Crippen molar-refractivity contribution in [3.63, 3.8) is 0 Å². The van der Waals surface area contributed by atoms with E-state index >= 15 is 0 Å². The molecule has 0 saturated carbocycles. The highest BCUT2D eigenvalue weighted by Gasteiger charge is 2.41. The van der Waals surface area contributed by atoms with E-state index in [2.05, 4.69) is 15.2 Å². The molecule has 0 aliphatic carbocycles. The van der Waals surface area contributed by atoms with Crippen LogP contribution in [-0.4, -0.2) is 71.0 Å². The number of pyridine rings is 1. The van der Waals surface area contributed by atoms with Crippen LogP contribution in [0.25, 0.3) is 0 Å². The Morgan fingerprint density at radius 1 is 1.19 bits per heavy atom. The van der Waals surface area contributed by atoms with Gasteiger partial charge in [0.05, 0.1) is 42.9 Å². The standard InChI is InChI=1S/C23H28F4N4O/c1-15-9-16-10-19(32)4-5-20(16)22(31(15)14-23(25,26)27)21-6-3-17(11-28-21)29-18-12-30(13-18)8-2-7-24/h3-6,10-11,15,18,22,29,32H,2,7-9,12-14H2,1H3/t15-,22+/m1/s1. The van der Waals surface area contributed by atoms with Gasteiger partial charge >= 0.3 is 6.18 Å². The molecule has 4 rings (SSSR count). The summed E-state index contributed by atoms with van der Waals surface area (Å²) in [7, 11) is 0. The minimum atomic E-state index is -4.33. The molecule has 0 radical (unpaired) electrons. The van der Waals surface area contributed by atoms with Gasteiger partial charge in [0.25, 0.3) is 0 Å². The summed E-state index contributed by atoms with van der Waals surface area (Å²) < 4.78 is 52.4. The van der Waals surface area contributed by atoms with Gasteiger partial charge in [-0.1, -0.05) is 6.07 Å². The Bertz CT molecular complexity index is 915. The molecule has 0 spiro atoms. The Kier molecular flexibility index (Phi) is 6.57. The predicted molar refractivity (Wildman–Crippen MR) is 115 cm³/mol. The highest BCUT2D eigenvalue weighted by atomic mass is 19.4. The minimum Gasteiger partial charge on any atom is -0.508 e. The summed E-state index contributed by atoms with van der Waals surface area (Å²) in [6.07, 6.45) is -1.71. The van der Waals surface area contributed by atoms with Gasteiger partial charge in [-0.05, 0) is 55.2 Å². The molecule has 1 aromatic carbocycles. The number of phenols is 1. The zero-order valence-corrected chi connectivity index (χ0v) is 17.9. The van der Waals surface area contributed by atoms with Gasteiger partial charge in [-0.2, -0.15) is 13.2 Å². The second kappa shape index (κ2) is 9.23. The van der Waals surface area contributed by atoms with Gasteiger partial charge in [-0.15, -0.1) is 0 Å². The first kappa shape index (κ1) is 22.8. The minimum absolute atomic E-state index is 0.104. The first-order valence-corrected chi connectivity index (χ1v) is 10.9. The average Bonchev–Trinajstić information content (AvgIpc) is 2.70. The Morgan fingerprint density at radius 2 is 1.97 bits per heavy atom. The van der Waals surface area contributed by atoms with Gasteiger partial charge in [0.1, 0.15) is 5.75 Å². The third-order valence-corrected chi connectivity index (χ3v) is 6.20. The van der Waals surface area contributed by atoms with E-state index in [4.69, 9.17) is 0 Å². The van der Waals surface area contributed by atoms with Crippen LogP contribution in [0, 0.1) is 0 Å². The lowest BCUT2D eigenvalue weighted by Crippen LogP contribution is -2.54. The SMILES string of the molecule is C[C@@H]1Cc2cc(O)ccc2[C@@H](c2ccc(NC3CN(CCCF)C3)cn2)N1CC(F)(F)F. The molecule has 2 aromatic rings. The van der Waals surface area contributed by atoms with Gasteiger partial charge in [0.2, 0.25) is 0 Å². The number of rotatable bonds is 7. The van der Waals surface area contributed by atoms with Crippen LogP contribution in [0.15, 0.2) is 36.5 Å². The molecule has 0 unspecified atom stereocenters. The van der Waals surface area contributed by atoms with Crippen molar-refractivity contribution in [3.8, 4) is 5.75 Å². The van der Waals surface area contributed by atoms with E-state index in [0.717, 1.165) is 36.4 Å². The van der Waals surface area contributed by atoms with E-state index in [1.165, 1.54) is 11.0 Å². The van der Waals surface area contributed by atoms with Crippen molar-refractivity contribution in [2.45, 2.75) is 44.1 Å². The van der Waals surface area contributed by atoms with Crippen LogP contribution >= 0.6 is 0 Å². The van der Waals surface area contributed by atoms with Crippen molar-refractivity contribution in [2.75, 3.05) is 38.2 Å². The number of halogens is 4. The highest BCUT2D eigenvalue weighted by Crippen LogP contribution is 2.40. The molecule has 3 heterocycles. The molecule has 5 nitrogen and oxygen atoms in total. The third-order valence-electron chi connectivity index (χ3n) is 6.20. The molecule has 9 heteroatoms. The Balaban J connectivity index is 1.53. The summed E-state index contributed by atoms with van der Waals surface area (Å²) in [4.78, 5) is 8.13. The monoisotopic (exact) mass is 452 g/mol. The molecule has 0 amide bonds. The number of hydrogen-bond acceptors (Lipinski definition) is 5. The summed E-state index contributed by atoms with van der Waals surface area (Å²) in [6.45, 7) is 2.84. The average molecular weight is 452 g/mol. The second-order valence-electron chi connectivity index (χ2n) is 8.74. The van der Waals surface area contributed by atoms with Crippen LogP contribution < -0.4 is 5.32 Å². The number of likely N-dealkylation sites (tertiary alicyclic amines) is 1. The first-order valence-electron chi connectivity index (χ1n) is 10.9. The maximum atomic E-state index is 13.4. The summed E-state index contributed by atoms with van der Waals surface area (Å²) in [5.41, 5.74) is 2.92. The summed E-state index contributed by atoms with van der Waals surface area (Å²) >= 11 is 0. The molecule has 2 atom stereocenters. The van der Waals surface area contributed by atoms with E-state index in [1.807, 2.05) is 6.07 Å². The molecule has 1 aromatic heterocycles. The zero-order valence-electron chi connectivity index (χ0n) is 17.9. The van der Waals surface area contributed by atoms with Crippen molar-refractivity contribution in [3.05, 3.63) is 53.3 Å². The lowest BCUT2D eigenvalue weighted by Gasteiger charge is -2.42. The molecule has 32 heavy (non-hydrogen) atoms. The van der Waals surface area contributed by atoms with Crippen molar-refractivity contribution >= 4 is 5.69 Å². The first-order chi connectivity index (χ1) is 15.2. The fourth-order valence-electron chi connectivity index (χ4n) is 4.70. The van der Waals surface area contributed by atoms with Gasteiger partial charge < -0.3 is 10.4 Å². The maximum absolute atomic E-state index is 13.4. The number of aromatic hydroxyl groups is 1. The molecular weight excluding hydrogens is 424 g/mol. The highest BCUT2D eigenvalue weighted by molar-refractivity contribution is 5.46. The Hall–Kier alpha value is -2.39. The van der Waals surface area contributed by atoms with Gasteiger partial charge in [-0.3, -0.25) is 19.2 Å². The van der Waals surface area contributed by atoms with Crippen molar-refractivity contribution in [2.24, 2.45) is 0 Å². The number of hydrogen-bond donors (Lipinski definition) is 2. The number of phenolic OH excluding ortho intramolecular Hbond substituents is 1. The third kappa shape index (κ3) is 5.15. The van der Waals surface area contributed by atoms with Gasteiger partial charge in [0.15, 0.2) is 0 Å². The molecule has 2 aliphatic heterocycles. The van der Waals surface area contributed by atoms with Gasteiger partial charge in [0, 0.05) is 25.7 Å². The molecule has 1 fully saturated rings. The van der Waals surface area contributed by atoms with Crippen LogP contribution in [0.4, 0.5) is 23.2 Å². The molecule has 0 bridgehead atoms. The Labute approximate surface area is 185 Å². The van der Waals surface area contributed by atoms with E-state index in [0.29, 0.717) is 18.5 Å². The number of nitrogens with zero attached hydrogens (tertiary/aromatic N) is 3. The Morgan fingerprint density at radius 3 is 2.62 bits per heavy atom. The zero-order chi connectivity index (χ0) is 22.9. The van der Waals surface area contributed by atoms with Crippen molar-refractivity contribution in [1.82, 2.24) is 14.8 Å². The number of nitrogens with one attached hydrogen (secondary N) is 1. The van der Waals surface area contributed by atoms with Crippen LogP contribution in [-0.2, 0) is 6.42 Å². The van der Waals surface area contributed by atoms with E-state index in [9.17, 15) is 22.7 Å². The molecule has 174 valence electrons. The predicted octanol–water partition coefficient (Wildman–Crippen LogP) is 4.14. The van der Waals surface area contributed by atoms with Crippen molar-refractivity contribution < 1.29 is 22.7 Å². The number of aromatic nitrogens is 1. The molecule has 1 saturated heterocycles. The van der Waals surface area contributed by atoms with Crippen LogP contribution in [0.5, 0.6) is 5.75 Å². The molecule has 2 N–H and O–H groups in total. The molecular formula is C23H28F4N4O. The fourth-order valence-corrected chi connectivity index (χ4v) is 4.70. The van der Waals surface area contributed by atoms with E-state index in [-0.39, 0.29) is 24.5 Å². The quantitative estimate of drug-likeness (QED) is 0.619. The maximum Gasteiger partial charge on any atom is 0.401 e. The number of alkyl halides is 4. The van der Waals surface area contributed by atoms with Gasteiger partial charge in [-0.25, -0.2) is 0 Å². The number of fused-ring (bicyclic) bond motifs is 1. The lowest BCUT2D eigenvalue weighted by atomic mass is 9.86. The van der Waals surface area contributed by atoms with Crippen LogP contribution in [0.2, 0.25) is 0 Å². The van der Waals surface area contributed by atoms with Crippen molar-refractivity contribution in [1.29, 1.82) is 0 Å². The molecule has 2 aliphatic rings. The number of benzene rings is 1. The smallest absolute Gasteiger partial charge is 0.401 e. The van der Waals surface area contributed by atoms with E-state index in [1.54, 1.807) is 31.3 Å². The summed E-state index contributed by atoms with van der Waals surface area (Å²) in [5.74, 6) is 0.104. The summed E-state index contributed by atoms with van der Waals surface area (Å²) in [5, 5.41) is 13.2. The fraction of sp³-hybridized carbons (Fsp3) is 0.522. The number of anilines is 1. The second-order valence-corrected chi connectivity index (χ2v) is 8.74. The van der Waals surface area contributed by atoms with Crippen LogP contribution in [0.3, 0.4) is 0 Å². The lowest BCUT2D eigenvalue weighted by molar-refractivity contribution is -0.155. The summed E-state index contributed by atoms with van der Waals surface area (Å²) in [6, 6.07) is 7.69. The van der Waals surface area contributed by atoms with Crippen LogP contribution in [0.1, 0.15) is 36.2 Å². The topological polar surface area (TPSA) is 51.6 Å².